The van der Waals surface area contributed by atoms with Crippen molar-refractivity contribution in [2.24, 2.45) is 0 Å². The van der Waals surface area contributed by atoms with E-state index in [1.807, 2.05) is 0 Å². The molecule has 0 aliphatic rings. The molecule has 0 aliphatic carbocycles. The SMILES string of the molecule is [Li+].[Li+].[O-2].[O-2].[Zn+2]. The zero-order chi connectivity index (χ0) is 0. The second-order valence-corrected chi connectivity index (χ2v) is 0. The summed E-state index contributed by atoms with van der Waals surface area (Å²) in [6, 6.07) is 0. The van der Waals surface area contributed by atoms with E-state index in [1.54, 1.807) is 0 Å². The van der Waals surface area contributed by atoms with Gasteiger partial charge in [-0.3, -0.25) is 0 Å². The van der Waals surface area contributed by atoms with Crippen LogP contribution in [0.5, 0.6) is 0 Å². The molecule has 16 valence electrons. The maximum atomic E-state index is 0. The molecule has 0 N–H and O–H groups in total. The maximum absolute atomic E-state index is 0. The molecule has 5 heavy (non-hydrogen) atoms. The third-order valence-electron chi connectivity index (χ3n) is 0. The minimum Gasteiger partial charge on any atom is -2.00 e. The molecule has 0 saturated heterocycles. The van der Waals surface area contributed by atoms with E-state index in [1.165, 1.54) is 0 Å². The molecule has 0 aromatic carbocycles. The second kappa shape index (κ2) is 42.6. The van der Waals surface area contributed by atoms with Crippen LogP contribution in [0.1, 0.15) is 0 Å². The number of hydrogen-bond donors (Lipinski definition) is 0. The smallest absolute Gasteiger partial charge is 2.00 e. The fourth-order valence-electron chi connectivity index (χ4n) is 0. The number of hydrogen-bond acceptors (Lipinski definition) is 0. The molecule has 0 saturated carbocycles. The Morgan fingerprint density at radius 3 is 0.600 bits per heavy atom. The molecule has 0 amide bonds. The van der Waals surface area contributed by atoms with E-state index in [0.717, 1.165) is 0 Å². The van der Waals surface area contributed by atoms with Crippen molar-refractivity contribution in [3.05, 3.63) is 0 Å². The molecule has 0 aromatic heterocycles. The van der Waals surface area contributed by atoms with Gasteiger partial charge >= 0.3 is 57.2 Å². The van der Waals surface area contributed by atoms with Crippen molar-refractivity contribution >= 4 is 0 Å². The van der Waals surface area contributed by atoms with E-state index in [4.69, 9.17) is 0 Å². The average molecular weight is 111 g/mol. The summed E-state index contributed by atoms with van der Waals surface area (Å²) in [6.45, 7) is 0. The first-order valence-corrected chi connectivity index (χ1v) is 0. The van der Waals surface area contributed by atoms with Crippen LogP contribution >= 0.6 is 0 Å². The fourth-order valence-corrected chi connectivity index (χ4v) is 0. The first-order chi connectivity index (χ1) is 0. The van der Waals surface area contributed by atoms with Crippen LogP contribution in [-0.4, -0.2) is 0 Å². The van der Waals surface area contributed by atoms with Gasteiger partial charge in [0.2, 0.25) is 0 Å². The summed E-state index contributed by atoms with van der Waals surface area (Å²) in [6.07, 6.45) is 0. The minimum absolute atomic E-state index is 0. The van der Waals surface area contributed by atoms with Crippen LogP contribution in [-0.2, 0) is 30.4 Å². The predicted molar refractivity (Wildman–Crippen MR) is 1.37 cm³/mol. The quantitative estimate of drug-likeness (QED) is 0.279. The maximum Gasteiger partial charge on any atom is 2.00 e. The first-order valence-electron chi connectivity index (χ1n) is 0. The number of rotatable bonds is 0. The van der Waals surface area contributed by atoms with E-state index >= 15 is 0 Å². The summed E-state index contributed by atoms with van der Waals surface area (Å²) >= 11 is 0. The van der Waals surface area contributed by atoms with E-state index < -0.39 is 0 Å². The van der Waals surface area contributed by atoms with Gasteiger partial charge < -0.3 is 11.0 Å². The fraction of sp³-hybridized carbons (Fsp3) is 0. The molecule has 0 aromatic rings. The Morgan fingerprint density at radius 2 is 0.600 bits per heavy atom. The Hall–Kier alpha value is 1.74. The van der Waals surface area contributed by atoms with Gasteiger partial charge in [0, 0.05) is 0 Å². The standard InChI is InChI=1S/2Li.2O.Zn/q2*+1;2*-2;+2. The molecule has 2 nitrogen and oxygen atoms in total. The molecule has 0 heterocycles. The molecule has 0 fully saturated rings. The van der Waals surface area contributed by atoms with Crippen LogP contribution in [0, 0.1) is 0 Å². The van der Waals surface area contributed by atoms with Gasteiger partial charge in [0.1, 0.15) is 0 Å². The molecule has 0 radical (unpaired) electrons. The zero-order valence-corrected chi connectivity index (χ0v) is 6.49. The molecule has 0 spiro atoms. The molecule has 0 rings (SSSR count). The van der Waals surface area contributed by atoms with Gasteiger partial charge in [0.15, 0.2) is 0 Å². The van der Waals surface area contributed by atoms with Gasteiger partial charge in [0.05, 0.1) is 0 Å². The van der Waals surface area contributed by atoms with Crippen LogP contribution in [0.15, 0.2) is 0 Å². The average Bonchev–Trinajstić information content (AvgIpc) is 0. The van der Waals surface area contributed by atoms with E-state index in [9.17, 15) is 0 Å². The third kappa shape index (κ3) is 26.5. The Labute approximate surface area is 67.8 Å². The molecular formula is Li2O2Zn. The Kier molecular flexibility index (Phi) is 626. The van der Waals surface area contributed by atoms with Crippen molar-refractivity contribution in [3.63, 3.8) is 0 Å². The first kappa shape index (κ1) is 73.4. The Balaban J connectivity index is 0. The second-order valence-electron chi connectivity index (χ2n) is 0. The zero-order valence-electron chi connectivity index (χ0n) is 3.52. The van der Waals surface area contributed by atoms with Crippen molar-refractivity contribution < 1.29 is 68.2 Å². The largest absolute Gasteiger partial charge is 2.00 e. The van der Waals surface area contributed by atoms with Gasteiger partial charge in [-0.15, -0.1) is 0 Å². The van der Waals surface area contributed by atoms with Crippen molar-refractivity contribution in [1.29, 1.82) is 0 Å². The summed E-state index contributed by atoms with van der Waals surface area (Å²) < 4.78 is 0. The summed E-state index contributed by atoms with van der Waals surface area (Å²) in [5.74, 6) is 0. The van der Waals surface area contributed by atoms with Crippen LogP contribution in [0.2, 0.25) is 0 Å². The molecular weight excluding hydrogens is 111 g/mol. The van der Waals surface area contributed by atoms with Gasteiger partial charge in [-0.1, -0.05) is 0 Å². The summed E-state index contributed by atoms with van der Waals surface area (Å²) in [5.41, 5.74) is 0. The predicted octanol–water partition coefficient (Wildman–Crippen LogP) is -6.23. The van der Waals surface area contributed by atoms with Crippen LogP contribution in [0.3, 0.4) is 0 Å². The van der Waals surface area contributed by atoms with E-state index in [2.05, 4.69) is 0 Å². The van der Waals surface area contributed by atoms with Crippen LogP contribution in [0.4, 0.5) is 0 Å². The topological polar surface area (TPSA) is 57.0 Å². The van der Waals surface area contributed by atoms with Crippen LogP contribution < -0.4 is 37.7 Å². The minimum atomic E-state index is 0. The van der Waals surface area contributed by atoms with Crippen molar-refractivity contribution in [1.82, 2.24) is 0 Å². The van der Waals surface area contributed by atoms with E-state index in [0.29, 0.717) is 0 Å². The summed E-state index contributed by atoms with van der Waals surface area (Å²) in [5, 5.41) is 0. The monoisotopic (exact) mass is 110 g/mol. The molecule has 5 heteroatoms. The normalized spacial score (nSPS) is 0. The van der Waals surface area contributed by atoms with E-state index in [-0.39, 0.29) is 68.2 Å². The summed E-state index contributed by atoms with van der Waals surface area (Å²) in [4.78, 5) is 0. The van der Waals surface area contributed by atoms with Crippen molar-refractivity contribution in [2.75, 3.05) is 0 Å². The van der Waals surface area contributed by atoms with Gasteiger partial charge in [-0.2, -0.15) is 0 Å². The third-order valence-corrected chi connectivity index (χ3v) is 0. The molecule has 0 unspecified atom stereocenters. The Morgan fingerprint density at radius 1 is 0.600 bits per heavy atom. The van der Waals surface area contributed by atoms with Crippen molar-refractivity contribution in [3.8, 4) is 0 Å². The molecule has 0 aliphatic heterocycles. The van der Waals surface area contributed by atoms with Gasteiger partial charge in [-0.25, -0.2) is 0 Å². The van der Waals surface area contributed by atoms with Crippen molar-refractivity contribution in [2.45, 2.75) is 0 Å². The molecule has 0 atom stereocenters. The summed E-state index contributed by atoms with van der Waals surface area (Å²) in [7, 11) is 0. The van der Waals surface area contributed by atoms with Crippen LogP contribution in [0.25, 0.3) is 0 Å². The molecule has 0 bridgehead atoms. The van der Waals surface area contributed by atoms with Gasteiger partial charge in [-0.05, 0) is 0 Å². The van der Waals surface area contributed by atoms with Gasteiger partial charge in [0.25, 0.3) is 0 Å². The Bertz CT molecular complexity index is 7.61.